The van der Waals surface area contributed by atoms with Gasteiger partial charge in [0, 0.05) is 33.6 Å². The molecule has 0 N–H and O–H groups in total. The highest BCUT2D eigenvalue weighted by molar-refractivity contribution is 6.24. The summed E-state index contributed by atoms with van der Waals surface area (Å²) < 4.78 is 8.64. The third-order valence-corrected chi connectivity index (χ3v) is 7.66. The summed E-state index contributed by atoms with van der Waals surface area (Å²) in [5.41, 5.74) is 9.79. The number of para-hydroxylation sites is 2. The number of furan rings is 1. The van der Waals surface area contributed by atoms with Crippen molar-refractivity contribution in [1.82, 2.24) is 9.55 Å². The Bertz CT molecular complexity index is 2280. The molecule has 8 rings (SSSR count). The number of aromatic nitrogens is 2. The maximum absolute atomic E-state index is 9.13. The van der Waals surface area contributed by atoms with Crippen LogP contribution in [0.25, 0.3) is 71.8 Å². The second-order valence-electron chi connectivity index (χ2n) is 9.96. The molecule has 186 valence electrons. The van der Waals surface area contributed by atoms with E-state index in [1.807, 2.05) is 18.2 Å². The van der Waals surface area contributed by atoms with E-state index in [0.717, 1.165) is 61.0 Å². The summed E-state index contributed by atoms with van der Waals surface area (Å²) in [5, 5.41) is 13.8. The number of hydrogen-bond donors (Lipinski definition) is 0. The maximum Gasteiger partial charge on any atom is 0.137 e. The third kappa shape index (κ3) is 3.35. The van der Waals surface area contributed by atoms with Gasteiger partial charge in [-0.2, -0.15) is 5.26 Å². The van der Waals surface area contributed by atoms with E-state index in [9.17, 15) is 0 Å². The van der Waals surface area contributed by atoms with E-state index < -0.39 is 0 Å². The number of hydrogen-bond acceptors (Lipinski definition) is 3. The van der Waals surface area contributed by atoms with Gasteiger partial charge in [-0.1, -0.05) is 66.7 Å². The lowest BCUT2D eigenvalue weighted by atomic mass is 10.0. The van der Waals surface area contributed by atoms with Gasteiger partial charge in [-0.25, -0.2) is 0 Å². The van der Waals surface area contributed by atoms with Crippen molar-refractivity contribution in [1.29, 1.82) is 5.26 Å². The van der Waals surface area contributed by atoms with Crippen molar-refractivity contribution in [3.05, 3.63) is 133 Å². The first kappa shape index (κ1) is 22.3. The highest BCUT2D eigenvalue weighted by Gasteiger charge is 2.19. The molecule has 0 spiro atoms. The van der Waals surface area contributed by atoms with E-state index in [1.165, 1.54) is 10.8 Å². The molecule has 4 nitrogen and oxygen atoms in total. The largest absolute Gasteiger partial charge is 0.456 e. The van der Waals surface area contributed by atoms with Crippen LogP contribution >= 0.6 is 0 Å². The van der Waals surface area contributed by atoms with E-state index >= 15 is 0 Å². The first-order chi connectivity index (χ1) is 19.8. The molecular weight excluding hydrogens is 490 g/mol. The zero-order chi connectivity index (χ0) is 26.6. The zero-order valence-electron chi connectivity index (χ0n) is 21.4. The van der Waals surface area contributed by atoms with Crippen LogP contribution in [0.2, 0.25) is 0 Å². The van der Waals surface area contributed by atoms with Crippen LogP contribution in [-0.2, 0) is 0 Å². The van der Waals surface area contributed by atoms with Crippen LogP contribution < -0.4 is 0 Å². The topological polar surface area (TPSA) is 54.8 Å². The predicted octanol–water partition coefficient (Wildman–Crippen LogP) is 9.28. The van der Waals surface area contributed by atoms with Crippen LogP contribution in [0.15, 0.2) is 132 Å². The van der Waals surface area contributed by atoms with Crippen LogP contribution in [-0.4, -0.2) is 9.55 Å². The van der Waals surface area contributed by atoms with E-state index in [0.29, 0.717) is 5.56 Å². The lowest BCUT2D eigenvalue weighted by molar-refractivity contribution is 0.669. The second kappa shape index (κ2) is 8.69. The van der Waals surface area contributed by atoms with Gasteiger partial charge < -0.3 is 8.98 Å². The molecule has 0 bridgehead atoms. The monoisotopic (exact) mass is 511 g/mol. The van der Waals surface area contributed by atoms with Crippen LogP contribution in [0.4, 0.5) is 0 Å². The Hall–Kier alpha value is -5.66. The molecule has 0 saturated heterocycles. The Kier molecular flexibility index (Phi) is 4.85. The second-order valence-corrected chi connectivity index (χ2v) is 9.96. The van der Waals surface area contributed by atoms with E-state index in [1.54, 1.807) is 12.3 Å². The van der Waals surface area contributed by atoms with Crippen molar-refractivity contribution in [3.63, 3.8) is 0 Å². The Labute approximate surface area is 230 Å². The first-order valence-electron chi connectivity index (χ1n) is 13.2. The summed E-state index contributed by atoms with van der Waals surface area (Å²) in [5.74, 6) is 0. The average molecular weight is 512 g/mol. The molecule has 3 heterocycles. The zero-order valence-corrected chi connectivity index (χ0v) is 21.4. The quantitative estimate of drug-likeness (QED) is 0.237. The lowest BCUT2D eigenvalue weighted by Gasteiger charge is -2.12. The van der Waals surface area contributed by atoms with Gasteiger partial charge in [0.05, 0.1) is 27.7 Å². The van der Waals surface area contributed by atoms with Crippen LogP contribution in [0.1, 0.15) is 5.56 Å². The van der Waals surface area contributed by atoms with Gasteiger partial charge in [0.25, 0.3) is 0 Å². The molecule has 0 fully saturated rings. The van der Waals surface area contributed by atoms with Crippen molar-refractivity contribution >= 4 is 43.7 Å². The Morgan fingerprint density at radius 1 is 0.625 bits per heavy atom. The van der Waals surface area contributed by atoms with Gasteiger partial charge in [-0.3, -0.25) is 4.98 Å². The summed E-state index contributed by atoms with van der Waals surface area (Å²) >= 11 is 0. The van der Waals surface area contributed by atoms with Crippen molar-refractivity contribution in [2.45, 2.75) is 0 Å². The van der Waals surface area contributed by atoms with Crippen LogP contribution in [0, 0.1) is 11.3 Å². The van der Waals surface area contributed by atoms with Gasteiger partial charge in [0.15, 0.2) is 0 Å². The number of pyridine rings is 1. The molecule has 40 heavy (non-hydrogen) atoms. The number of nitrogens with zero attached hydrogens (tertiary/aromatic N) is 3. The summed E-state index contributed by atoms with van der Waals surface area (Å²) in [7, 11) is 0. The van der Waals surface area contributed by atoms with Gasteiger partial charge in [-0.15, -0.1) is 0 Å². The summed E-state index contributed by atoms with van der Waals surface area (Å²) in [6.07, 6.45) is 1.62. The van der Waals surface area contributed by atoms with E-state index in [2.05, 4.69) is 113 Å². The number of rotatable bonds is 3. The van der Waals surface area contributed by atoms with Crippen LogP contribution in [0.5, 0.6) is 0 Å². The molecule has 0 radical (unpaired) electrons. The standard InChI is InChI=1S/C36H21N3O/c37-21-23-15-17-31(38-22-23)26-9-5-7-24(19-26)25-8-6-10-27(20-25)39-32-13-3-1-11-28(32)29-16-18-34-35(36(29)39)30-12-2-4-14-33(30)40-34/h1-20,22H. The molecule has 0 saturated carbocycles. The normalized spacial score (nSPS) is 11.5. The minimum absolute atomic E-state index is 0.554. The van der Waals surface area contributed by atoms with Crippen LogP contribution in [0.3, 0.4) is 0 Å². The summed E-state index contributed by atoms with van der Waals surface area (Å²) in [6, 6.07) is 44.0. The maximum atomic E-state index is 9.13. The summed E-state index contributed by atoms with van der Waals surface area (Å²) in [6.45, 7) is 0. The molecule has 0 amide bonds. The van der Waals surface area contributed by atoms with Crippen molar-refractivity contribution < 1.29 is 4.42 Å². The SMILES string of the molecule is N#Cc1ccc(-c2cccc(-c3cccc(-n4c5ccccc5c5ccc6oc7ccccc7c6c54)c3)c2)nc1. The Balaban J connectivity index is 1.36. The molecular formula is C36H21N3O. The Morgan fingerprint density at radius 2 is 1.40 bits per heavy atom. The molecule has 0 aliphatic carbocycles. The van der Waals surface area contributed by atoms with Gasteiger partial charge in [0.1, 0.15) is 17.2 Å². The van der Waals surface area contributed by atoms with Gasteiger partial charge >= 0.3 is 0 Å². The molecule has 0 unspecified atom stereocenters. The molecule has 0 aliphatic heterocycles. The fraction of sp³-hybridized carbons (Fsp3) is 0. The lowest BCUT2D eigenvalue weighted by Crippen LogP contribution is -1.95. The van der Waals surface area contributed by atoms with Gasteiger partial charge in [0.2, 0.25) is 0 Å². The minimum Gasteiger partial charge on any atom is -0.456 e. The highest BCUT2D eigenvalue weighted by Crippen LogP contribution is 2.41. The number of nitriles is 1. The minimum atomic E-state index is 0.554. The molecule has 3 aromatic heterocycles. The summed E-state index contributed by atoms with van der Waals surface area (Å²) in [4.78, 5) is 4.49. The third-order valence-electron chi connectivity index (χ3n) is 7.66. The number of fused-ring (bicyclic) bond motifs is 7. The predicted molar refractivity (Wildman–Crippen MR) is 161 cm³/mol. The van der Waals surface area contributed by atoms with Gasteiger partial charge in [-0.05, 0) is 65.7 Å². The van der Waals surface area contributed by atoms with Crippen molar-refractivity contribution in [2.75, 3.05) is 0 Å². The highest BCUT2D eigenvalue weighted by atomic mass is 16.3. The Morgan fingerprint density at radius 3 is 2.25 bits per heavy atom. The molecule has 8 aromatic rings. The molecule has 5 aromatic carbocycles. The average Bonchev–Trinajstić information content (AvgIpc) is 3.57. The van der Waals surface area contributed by atoms with E-state index in [4.69, 9.17) is 9.68 Å². The molecule has 0 atom stereocenters. The van der Waals surface area contributed by atoms with E-state index in [-0.39, 0.29) is 0 Å². The fourth-order valence-electron chi connectivity index (χ4n) is 5.85. The van der Waals surface area contributed by atoms with Crippen molar-refractivity contribution in [2.24, 2.45) is 0 Å². The fourth-order valence-corrected chi connectivity index (χ4v) is 5.85. The first-order valence-corrected chi connectivity index (χ1v) is 13.2. The molecule has 4 heteroatoms. The smallest absolute Gasteiger partial charge is 0.137 e. The molecule has 0 aliphatic rings. The van der Waals surface area contributed by atoms with Crippen molar-refractivity contribution in [3.8, 4) is 34.1 Å². The number of benzene rings is 5.